The van der Waals surface area contributed by atoms with E-state index in [9.17, 15) is 9.90 Å². The van der Waals surface area contributed by atoms with Crippen LogP contribution in [0.25, 0.3) is 11.2 Å². The van der Waals surface area contributed by atoms with E-state index in [1.807, 2.05) is 0 Å². The molecule has 0 fully saturated rings. The molecule has 1 aliphatic heterocycles. The molecule has 2 unspecified atom stereocenters. The summed E-state index contributed by atoms with van der Waals surface area (Å²) in [7, 11) is 0. The lowest BCUT2D eigenvalue weighted by Gasteiger charge is -2.13. The zero-order valence-electron chi connectivity index (χ0n) is 9.34. The number of imidazole rings is 1. The van der Waals surface area contributed by atoms with Gasteiger partial charge in [0.15, 0.2) is 11.2 Å². The Hall–Kier alpha value is -1.89. The highest BCUT2D eigenvalue weighted by Crippen LogP contribution is 2.23. The van der Waals surface area contributed by atoms with Gasteiger partial charge in [-0.05, 0) is 13.3 Å². The molecule has 7 heteroatoms. The first-order valence-corrected chi connectivity index (χ1v) is 5.54. The molecule has 3 N–H and O–H groups in total. The molecule has 0 saturated carbocycles. The van der Waals surface area contributed by atoms with Crippen LogP contribution in [0.1, 0.15) is 19.4 Å². The number of aromatic nitrogens is 4. The summed E-state index contributed by atoms with van der Waals surface area (Å²) in [5.74, 6) is 0.528. The van der Waals surface area contributed by atoms with Gasteiger partial charge in [-0.3, -0.25) is 9.36 Å². The first-order valence-electron chi connectivity index (χ1n) is 5.54. The van der Waals surface area contributed by atoms with Crippen LogP contribution in [0, 0.1) is 0 Å². The Kier molecular flexibility index (Phi) is 2.15. The summed E-state index contributed by atoms with van der Waals surface area (Å²) in [6.07, 6.45) is 1.54. The summed E-state index contributed by atoms with van der Waals surface area (Å²) >= 11 is 0. The minimum Gasteiger partial charge on any atom is -0.393 e. The fourth-order valence-corrected chi connectivity index (χ4v) is 2.25. The Balaban J connectivity index is 2.16. The number of aromatic amines is 1. The van der Waals surface area contributed by atoms with Gasteiger partial charge in [0, 0.05) is 6.54 Å². The summed E-state index contributed by atoms with van der Waals surface area (Å²) in [5, 5.41) is 12.5. The molecule has 0 spiro atoms. The van der Waals surface area contributed by atoms with Gasteiger partial charge in [-0.15, -0.1) is 0 Å². The molecular weight excluding hydrogens is 222 g/mol. The van der Waals surface area contributed by atoms with E-state index in [2.05, 4.69) is 20.3 Å². The molecule has 1 aliphatic rings. The summed E-state index contributed by atoms with van der Waals surface area (Å²) in [6.45, 7) is 2.32. The van der Waals surface area contributed by atoms with Crippen molar-refractivity contribution in [2.45, 2.75) is 25.5 Å². The zero-order valence-corrected chi connectivity index (χ0v) is 9.34. The first-order chi connectivity index (χ1) is 8.16. The van der Waals surface area contributed by atoms with Crippen LogP contribution in [-0.2, 0) is 0 Å². The molecule has 17 heavy (non-hydrogen) atoms. The smallest absolute Gasteiger partial charge is 0.281 e. The number of H-pyrrole nitrogens is 1. The SMILES string of the molecule is CC(O)CC1CNc2nc3nc[nH]c3c(=O)n21. The molecule has 90 valence electrons. The van der Waals surface area contributed by atoms with Crippen molar-refractivity contribution in [1.29, 1.82) is 0 Å². The van der Waals surface area contributed by atoms with Crippen LogP contribution in [0.2, 0.25) is 0 Å². The van der Waals surface area contributed by atoms with Gasteiger partial charge in [0.05, 0.1) is 18.5 Å². The second-order valence-electron chi connectivity index (χ2n) is 4.33. The molecule has 0 aromatic carbocycles. The largest absolute Gasteiger partial charge is 0.393 e. The minimum atomic E-state index is -0.447. The Morgan fingerprint density at radius 3 is 3.29 bits per heavy atom. The van der Waals surface area contributed by atoms with Gasteiger partial charge in [-0.2, -0.15) is 4.98 Å². The fourth-order valence-electron chi connectivity index (χ4n) is 2.25. The molecule has 3 rings (SSSR count). The van der Waals surface area contributed by atoms with Crippen molar-refractivity contribution in [2.75, 3.05) is 11.9 Å². The number of fused-ring (bicyclic) bond motifs is 2. The zero-order chi connectivity index (χ0) is 12.0. The Morgan fingerprint density at radius 1 is 1.71 bits per heavy atom. The van der Waals surface area contributed by atoms with Crippen LogP contribution in [0.4, 0.5) is 5.95 Å². The predicted octanol–water partition coefficient (Wildman–Crippen LogP) is -0.143. The van der Waals surface area contributed by atoms with E-state index >= 15 is 0 Å². The minimum absolute atomic E-state index is 0.0577. The number of rotatable bonds is 2. The van der Waals surface area contributed by atoms with Crippen molar-refractivity contribution in [3.05, 3.63) is 16.7 Å². The van der Waals surface area contributed by atoms with Crippen molar-refractivity contribution in [1.82, 2.24) is 19.5 Å². The van der Waals surface area contributed by atoms with Crippen molar-refractivity contribution in [3.8, 4) is 0 Å². The van der Waals surface area contributed by atoms with E-state index in [-0.39, 0.29) is 11.6 Å². The lowest BCUT2D eigenvalue weighted by Crippen LogP contribution is -2.25. The topological polar surface area (TPSA) is 95.8 Å². The molecule has 2 atom stereocenters. The standard InChI is InChI=1S/C10H13N5O2/c1-5(16)2-6-3-11-10-14-8-7(12-4-13-8)9(17)15(6)10/h4-6,16H,2-3H2,1H3,(H,11,14)(H,12,13). The lowest BCUT2D eigenvalue weighted by atomic mass is 10.1. The first kappa shape index (κ1) is 10.3. The van der Waals surface area contributed by atoms with Gasteiger partial charge in [0.1, 0.15) is 0 Å². The monoisotopic (exact) mass is 235 g/mol. The average molecular weight is 235 g/mol. The van der Waals surface area contributed by atoms with Crippen molar-refractivity contribution in [3.63, 3.8) is 0 Å². The lowest BCUT2D eigenvalue weighted by molar-refractivity contribution is 0.166. The van der Waals surface area contributed by atoms with E-state index in [4.69, 9.17) is 0 Å². The van der Waals surface area contributed by atoms with Crippen LogP contribution in [0.5, 0.6) is 0 Å². The van der Waals surface area contributed by atoms with Gasteiger partial charge < -0.3 is 15.4 Å². The summed E-state index contributed by atoms with van der Waals surface area (Å²) in [6, 6.07) is -0.0577. The Morgan fingerprint density at radius 2 is 2.53 bits per heavy atom. The Bertz CT molecular complexity index is 615. The maximum Gasteiger partial charge on any atom is 0.281 e. The van der Waals surface area contributed by atoms with Crippen molar-refractivity contribution >= 4 is 17.1 Å². The highest BCUT2D eigenvalue weighted by molar-refractivity contribution is 5.70. The molecule has 0 bridgehead atoms. The van der Waals surface area contributed by atoms with Crippen LogP contribution in [0.3, 0.4) is 0 Å². The molecule has 7 nitrogen and oxygen atoms in total. The van der Waals surface area contributed by atoms with E-state index < -0.39 is 6.10 Å². The molecule has 0 saturated heterocycles. The summed E-state index contributed by atoms with van der Waals surface area (Å²) in [5.41, 5.74) is 0.692. The molecule has 2 aromatic heterocycles. The van der Waals surface area contributed by atoms with E-state index in [1.54, 1.807) is 11.5 Å². The van der Waals surface area contributed by atoms with Gasteiger partial charge >= 0.3 is 0 Å². The number of aliphatic hydroxyl groups is 1. The Labute approximate surface area is 96.5 Å². The highest BCUT2D eigenvalue weighted by atomic mass is 16.3. The third-order valence-electron chi connectivity index (χ3n) is 2.97. The molecule has 0 aliphatic carbocycles. The fraction of sp³-hybridized carbons (Fsp3) is 0.500. The molecular formula is C10H13N5O2. The van der Waals surface area contributed by atoms with Crippen LogP contribution in [0.15, 0.2) is 11.1 Å². The number of hydrogen-bond acceptors (Lipinski definition) is 5. The van der Waals surface area contributed by atoms with Crippen LogP contribution < -0.4 is 10.9 Å². The summed E-state index contributed by atoms with van der Waals surface area (Å²) in [4.78, 5) is 23.2. The second kappa shape index (κ2) is 3.56. The number of anilines is 1. The van der Waals surface area contributed by atoms with Crippen molar-refractivity contribution < 1.29 is 5.11 Å². The third-order valence-corrected chi connectivity index (χ3v) is 2.97. The maximum absolute atomic E-state index is 12.2. The number of aliphatic hydroxyl groups excluding tert-OH is 1. The third kappa shape index (κ3) is 1.50. The quantitative estimate of drug-likeness (QED) is 0.673. The molecule has 0 radical (unpaired) electrons. The molecule has 3 heterocycles. The average Bonchev–Trinajstić information content (AvgIpc) is 2.85. The normalized spacial score (nSPS) is 20.2. The molecule has 2 aromatic rings. The number of nitrogens with zero attached hydrogens (tertiary/aromatic N) is 3. The van der Waals surface area contributed by atoms with Gasteiger partial charge in [-0.1, -0.05) is 0 Å². The van der Waals surface area contributed by atoms with Crippen LogP contribution >= 0.6 is 0 Å². The van der Waals surface area contributed by atoms with E-state index in [0.29, 0.717) is 30.1 Å². The molecule has 0 amide bonds. The predicted molar refractivity (Wildman–Crippen MR) is 62.0 cm³/mol. The highest BCUT2D eigenvalue weighted by Gasteiger charge is 2.26. The van der Waals surface area contributed by atoms with Gasteiger partial charge in [0.25, 0.3) is 5.56 Å². The number of hydrogen-bond donors (Lipinski definition) is 3. The van der Waals surface area contributed by atoms with Gasteiger partial charge in [0.2, 0.25) is 5.95 Å². The summed E-state index contributed by atoms with van der Waals surface area (Å²) < 4.78 is 1.59. The van der Waals surface area contributed by atoms with Gasteiger partial charge in [-0.25, -0.2) is 4.98 Å². The van der Waals surface area contributed by atoms with E-state index in [1.165, 1.54) is 6.33 Å². The van der Waals surface area contributed by atoms with Crippen LogP contribution in [-0.4, -0.2) is 37.3 Å². The maximum atomic E-state index is 12.2. The van der Waals surface area contributed by atoms with E-state index in [0.717, 1.165) is 0 Å². The second-order valence-corrected chi connectivity index (χ2v) is 4.33. The number of nitrogens with one attached hydrogen (secondary N) is 2. The van der Waals surface area contributed by atoms with Crippen molar-refractivity contribution in [2.24, 2.45) is 0 Å².